The highest BCUT2D eigenvalue weighted by atomic mass is 32.2. The first-order valence-electron chi connectivity index (χ1n) is 7.10. The second kappa shape index (κ2) is 7.78. The Hall–Kier alpha value is -2.61. The van der Waals surface area contributed by atoms with Crippen LogP contribution in [0.5, 0.6) is 5.75 Å². The van der Waals surface area contributed by atoms with Crippen molar-refractivity contribution in [2.75, 3.05) is 13.2 Å². The molecular weight excluding hydrogens is 334 g/mol. The maximum absolute atomic E-state index is 12.2. The average molecular weight is 349 g/mol. The van der Waals surface area contributed by atoms with Crippen LogP contribution in [0.3, 0.4) is 0 Å². The molecule has 126 valence electrons. The second-order valence-corrected chi connectivity index (χ2v) is 5.73. The SMILES string of the molecule is CCOC(=O)CN1C(=O)S/C(=C/c2ccc(OC(C)=O)cc2)C1=O. The Morgan fingerprint density at radius 1 is 1.21 bits per heavy atom. The Morgan fingerprint density at radius 3 is 2.46 bits per heavy atom. The lowest BCUT2D eigenvalue weighted by molar-refractivity contribution is -0.146. The molecule has 1 aliphatic heterocycles. The van der Waals surface area contributed by atoms with Crippen molar-refractivity contribution in [3.05, 3.63) is 34.7 Å². The minimum atomic E-state index is -0.633. The highest BCUT2D eigenvalue weighted by molar-refractivity contribution is 8.18. The zero-order valence-electron chi connectivity index (χ0n) is 13.1. The summed E-state index contributed by atoms with van der Waals surface area (Å²) in [6, 6.07) is 6.46. The van der Waals surface area contributed by atoms with Gasteiger partial charge in [-0.05, 0) is 42.5 Å². The van der Waals surface area contributed by atoms with Crippen LogP contribution in [0.25, 0.3) is 6.08 Å². The van der Waals surface area contributed by atoms with Crippen LogP contribution in [0.15, 0.2) is 29.2 Å². The minimum Gasteiger partial charge on any atom is -0.465 e. The molecule has 0 radical (unpaired) electrons. The topological polar surface area (TPSA) is 90.0 Å². The summed E-state index contributed by atoms with van der Waals surface area (Å²) in [7, 11) is 0. The van der Waals surface area contributed by atoms with Gasteiger partial charge in [-0.25, -0.2) is 0 Å². The van der Waals surface area contributed by atoms with E-state index in [1.165, 1.54) is 13.0 Å². The van der Waals surface area contributed by atoms with Gasteiger partial charge in [0.2, 0.25) is 0 Å². The number of imide groups is 1. The van der Waals surface area contributed by atoms with Gasteiger partial charge in [-0.1, -0.05) is 12.1 Å². The summed E-state index contributed by atoms with van der Waals surface area (Å²) in [4.78, 5) is 47.4. The first-order chi connectivity index (χ1) is 11.4. The third-order valence-corrected chi connectivity index (χ3v) is 3.81. The van der Waals surface area contributed by atoms with Gasteiger partial charge in [0.25, 0.3) is 11.1 Å². The van der Waals surface area contributed by atoms with Crippen molar-refractivity contribution in [2.24, 2.45) is 0 Å². The fraction of sp³-hybridized carbons (Fsp3) is 0.250. The summed E-state index contributed by atoms with van der Waals surface area (Å²) < 4.78 is 9.66. The van der Waals surface area contributed by atoms with Gasteiger partial charge < -0.3 is 9.47 Å². The van der Waals surface area contributed by atoms with Crippen molar-refractivity contribution >= 4 is 40.9 Å². The van der Waals surface area contributed by atoms with E-state index in [2.05, 4.69) is 0 Å². The van der Waals surface area contributed by atoms with Crippen molar-refractivity contribution in [1.82, 2.24) is 4.90 Å². The van der Waals surface area contributed by atoms with E-state index in [1.54, 1.807) is 31.2 Å². The number of hydrogen-bond donors (Lipinski definition) is 0. The molecule has 0 saturated carbocycles. The lowest BCUT2D eigenvalue weighted by Gasteiger charge is -2.10. The monoisotopic (exact) mass is 349 g/mol. The van der Waals surface area contributed by atoms with E-state index < -0.39 is 29.6 Å². The van der Waals surface area contributed by atoms with Crippen LogP contribution in [0.2, 0.25) is 0 Å². The number of benzene rings is 1. The summed E-state index contributed by atoms with van der Waals surface area (Å²) in [5, 5.41) is -0.518. The number of amides is 2. The summed E-state index contributed by atoms with van der Waals surface area (Å²) in [5.74, 6) is -1.22. The molecule has 2 amide bonds. The fourth-order valence-corrected chi connectivity index (χ4v) is 2.76. The largest absolute Gasteiger partial charge is 0.465 e. The molecule has 0 unspecified atom stereocenters. The molecule has 1 aliphatic rings. The fourth-order valence-electron chi connectivity index (χ4n) is 1.92. The third-order valence-electron chi connectivity index (χ3n) is 2.91. The first-order valence-corrected chi connectivity index (χ1v) is 7.92. The van der Waals surface area contributed by atoms with Crippen LogP contribution in [-0.2, 0) is 19.1 Å². The van der Waals surface area contributed by atoms with Crippen molar-refractivity contribution in [2.45, 2.75) is 13.8 Å². The minimum absolute atomic E-state index is 0.180. The van der Waals surface area contributed by atoms with Crippen LogP contribution in [0.1, 0.15) is 19.4 Å². The Morgan fingerprint density at radius 2 is 1.88 bits per heavy atom. The van der Waals surface area contributed by atoms with E-state index in [9.17, 15) is 19.2 Å². The number of carbonyl (C=O) groups is 4. The molecule has 1 aromatic rings. The standard InChI is InChI=1S/C16H15NO6S/c1-3-22-14(19)9-17-15(20)13(24-16(17)21)8-11-4-6-12(7-5-11)23-10(2)18/h4-8H,3,9H2,1-2H3/b13-8+. The summed E-state index contributed by atoms with van der Waals surface area (Å²) in [6.45, 7) is 2.72. The van der Waals surface area contributed by atoms with Crippen LogP contribution in [0, 0.1) is 0 Å². The lowest BCUT2D eigenvalue weighted by atomic mass is 10.2. The summed E-state index contributed by atoms with van der Waals surface area (Å²) >= 11 is 0.757. The van der Waals surface area contributed by atoms with Gasteiger partial charge in [0.05, 0.1) is 11.5 Å². The Labute approximate surface area is 142 Å². The van der Waals surface area contributed by atoms with Gasteiger partial charge in [-0.15, -0.1) is 0 Å². The Balaban J connectivity index is 2.10. The second-order valence-electron chi connectivity index (χ2n) is 4.74. The molecule has 7 nitrogen and oxygen atoms in total. The predicted molar refractivity (Wildman–Crippen MR) is 87.1 cm³/mol. The number of hydrogen-bond acceptors (Lipinski definition) is 7. The quantitative estimate of drug-likeness (QED) is 0.457. The van der Waals surface area contributed by atoms with E-state index in [4.69, 9.17) is 9.47 Å². The molecule has 0 N–H and O–H groups in total. The van der Waals surface area contributed by atoms with Gasteiger partial charge in [-0.2, -0.15) is 0 Å². The molecule has 0 bridgehead atoms. The predicted octanol–water partition coefficient (Wildman–Crippen LogP) is 2.21. The maximum Gasteiger partial charge on any atom is 0.326 e. The zero-order chi connectivity index (χ0) is 17.7. The number of rotatable bonds is 5. The normalized spacial score (nSPS) is 15.8. The van der Waals surface area contributed by atoms with E-state index in [0.29, 0.717) is 11.3 Å². The van der Waals surface area contributed by atoms with Gasteiger partial charge in [0.15, 0.2) is 0 Å². The number of ether oxygens (including phenoxy) is 2. The molecule has 0 aliphatic carbocycles. The van der Waals surface area contributed by atoms with Gasteiger partial charge in [-0.3, -0.25) is 24.1 Å². The number of thioether (sulfide) groups is 1. The molecule has 1 aromatic carbocycles. The number of esters is 2. The van der Waals surface area contributed by atoms with Crippen LogP contribution >= 0.6 is 11.8 Å². The molecule has 0 aromatic heterocycles. The molecule has 0 spiro atoms. The molecule has 1 heterocycles. The van der Waals surface area contributed by atoms with Gasteiger partial charge >= 0.3 is 11.9 Å². The molecule has 1 saturated heterocycles. The first kappa shape index (κ1) is 17.7. The van der Waals surface area contributed by atoms with Crippen molar-refractivity contribution in [1.29, 1.82) is 0 Å². The summed E-state index contributed by atoms with van der Waals surface area (Å²) in [5.41, 5.74) is 0.660. The Bertz CT molecular complexity index is 710. The van der Waals surface area contributed by atoms with E-state index in [1.807, 2.05) is 0 Å². The van der Waals surface area contributed by atoms with E-state index >= 15 is 0 Å². The highest BCUT2D eigenvalue weighted by Crippen LogP contribution is 2.32. The lowest BCUT2D eigenvalue weighted by Crippen LogP contribution is -2.34. The third kappa shape index (κ3) is 4.45. The maximum atomic E-state index is 12.2. The molecule has 2 rings (SSSR count). The van der Waals surface area contributed by atoms with Gasteiger partial charge in [0, 0.05) is 6.92 Å². The smallest absolute Gasteiger partial charge is 0.326 e. The average Bonchev–Trinajstić information content (AvgIpc) is 2.77. The highest BCUT2D eigenvalue weighted by Gasteiger charge is 2.36. The molecule has 8 heteroatoms. The number of carbonyl (C=O) groups excluding carboxylic acids is 4. The van der Waals surface area contributed by atoms with Crippen LogP contribution in [0.4, 0.5) is 4.79 Å². The van der Waals surface area contributed by atoms with E-state index in [-0.39, 0.29) is 11.5 Å². The zero-order valence-corrected chi connectivity index (χ0v) is 13.9. The van der Waals surface area contributed by atoms with Crippen molar-refractivity contribution in [3.8, 4) is 5.75 Å². The molecule has 24 heavy (non-hydrogen) atoms. The van der Waals surface area contributed by atoms with Crippen LogP contribution in [-0.4, -0.2) is 41.1 Å². The Kier molecular flexibility index (Phi) is 5.75. The molecule has 0 atom stereocenters. The van der Waals surface area contributed by atoms with E-state index in [0.717, 1.165) is 16.7 Å². The molecule has 1 fully saturated rings. The van der Waals surface area contributed by atoms with Gasteiger partial charge in [0.1, 0.15) is 12.3 Å². The molecular formula is C16H15NO6S. The summed E-state index contributed by atoms with van der Waals surface area (Å²) in [6.07, 6.45) is 1.54. The van der Waals surface area contributed by atoms with Crippen molar-refractivity contribution in [3.63, 3.8) is 0 Å². The van der Waals surface area contributed by atoms with Crippen molar-refractivity contribution < 1.29 is 28.7 Å². The van der Waals surface area contributed by atoms with Crippen LogP contribution < -0.4 is 4.74 Å². The number of nitrogens with zero attached hydrogens (tertiary/aromatic N) is 1.